The highest BCUT2D eigenvalue weighted by Crippen LogP contribution is 2.32. The minimum absolute atomic E-state index is 0.0119. The third kappa shape index (κ3) is 3.59. The SMILES string of the molecule is CCC(Sc1ccccc1)C(=O)NC1c2ccccc2CC1O. The number of carbonyl (C=O) groups is 1. The van der Waals surface area contributed by atoms with E-state index in [4.69, 9.17) is 0 Å². The van der Waals surface area contributed by atoms with Gasteiger partial charge in [-0.25, -0.2) is 0 Å². The molecule has 3 unspecified atom stereocenters. The summed E-state index contributed by atoms with van der Waals surface area (Å²) in [6.45, 7) is 2.01. The first kappa shape index (κ1) is 16.1. The Kier molecular flexibility index (Phi) is 5.03. The van der Waals surface area contributed by atoms with Crippen LogP contribution in [0.1, 0.15) is 30.5 Å². The normalized spacial score (nSPS) is 20.8. The third-order valence-corrected chi connectivity index (χ3v) is 5.56. The molecule has 0 fully saturated rings. The summed E-state index contributed by atoms with van der Waals surface area (Å²) in [6, 6.07) is 17.6. The summed E-state index contributed by atoms with van der Waals surface area (Å²) in [5.74, 6) is -0.0119. The molecule has 2 aromatic carbocycles. The number of benzene rings is 2. The Hall–Kier alpha value is -1.78. The van der Waals surface area contributed by atoms with Gasteiger partial charge in [0.15, 0.2) is 0 Å². The fourth-order valence-electron chi connectivity index (χ4n) is 2.98. The highest BCUT2D eigenvalue weighted by atomic mass is 32.2. The molecule has 120 valence electrons. The van der Waals surface area contributed by atoms with Gasteiger partial charge in [0.05, 0.1) is 17.4 Å². The minimum atomic E-state index is -0.546. The topological polar surface area (TPSA) is 49.3 Å². The van der Waals surface area contributed by atoms with Crippen LogP contribution in [0.15, 0.2) is 59.5 Å². The van der Waals surface area contributed by atoms with Crippen molar-refractivity contribution in [1.82, 2.24) is 5.32 Å². The van der Waals surface area contributed by atoms with E-state index in [1.165, 1.54) is 0 Å². The number of fused-ring (bicyclic) bond motifs is 1. The van der Waals surface area contributed by atoms with Gasteiger partial charge in [0, 0.05) is 11.3 Å². The number of thioether (sulfide) groups is 1. The number of hydrogen-bond donors (Lipinski definition) is 2. The summed E-state index contributed by atoms with van der Waals surface area (Å²) < 4.78 is 0. The molecule has 4 heteroatoms. The maximum atomic E-state index is 12.6. The Balaban J connectivity index is 1.70. The predicted molar refractivity (Wildman–Crippen MR) is 93.4 cm³/mol. The first-order valence-electron chi connectivity index (χ1n) is 7.97. The molecule has 0 saturated carbocycles. The molecule has 0 heterocycles. The van der Waals surface area contributed by atoms with Gasteiger partial charge in [-0.05, 0) is 29.7 Å². The van der Waals surface area contributed by atoms with Crippen molar-refractivity contribution >= 4 is 17.7 Å². The molecule has 1 amide bonds. The van der Waals surface area contributed by atoms with Gasteiger partial charge in [0.25, 0.3) is 0 Å². The molecular formula is C19H21NO2S. The fourth-order valence-corrected chi connectivity index (χ4v) is 3.96. The average molecular weight is 327 g/mol. The van der Waals surface area contributed by atoms with E-state index in [2.05, 4.69) is 5.32 Å². The van der Waals surface area contributed by atoms with Gasteiger partial charge in [0.1, 0.15) is 0 Å². The number of amides is 1. The van der Waals surface area contributed by atoms with Gasteiger partial charge < -0.3 is 10.4 Å². The summed E-state index contributed by atoms with van der Waals surface area (Å²) >= 11 is 1.57. The van der Waals surface area contributed by atoms with Crippen LogP contribution in [-0.2, 0) is 11.2 Å². The van der Waals surface area contributed by atoms with Crippen molar-refractivity contribution < 1.29 is 9.90 Å². The molecule has 0 aliphatic heterocycles. The molecule has 0 saturated heterocycles. The van der Waals surface area contributed by atoms with Crippen LogP contribution < -0.4 is 5.32 Å². The third-order valence-electron chi connectivity index (χ3n) is 4.19. The van der Waals surface area contributed by atoms with Crippen LogP contribution in [0.5, 0.6) is 0 Å². The van der Waals surface area contributed by atoms with Crippen LogP contribution in [0.2, 0.25) is 0 Å². The van der Waals surface area contributed by atoms with Crippen molar-refractivity contribution in [2.24, 2.45) is 0 Å². The van der Waals surface area contributed by atoms with Crippen LogP contribution in [0.4, 0.5) is 0 Å². The zero-order chi connectivity index (χ0) is 16.2. The monoisotopic (exact) mass is 327 g/mol. The average Bonchev–Trinajstić information content (AvgIpc) is 2.89. The molecule has 3 nitrogen and oxygen atoms in total. The molecule has 3 rings (SSSR count). The summed E-state index contributed by atoms with van der Waals surface area (Å²) in [5.41, 5.74) is 2.15. The molecule has 3 atom stereocenters. The Labute approximate surface area is 141 Å². The van der Waals surface area contributed by atoms with E-state index >= 15 is 0 Å². The molecule has 2 aromatic rings. The van der Waals surface area contributed by atoms with E-state index < -0.39 is 6.10 Å². The summed E-state index contributed by atoms with van der Waals surface area (Å²) in [6.07, 6.45) is 0.801. The number of carbonyl (C=O) groups excluding carboxylic acids is 1. The molecule has 0 spiro atoms. The van der Waals surface area contributed by atoms with Crippen molar-refractivity contribution in [1.29, 1.82) is 0 Å². The summed E-state index contributed by atoms with van der Waals surface area (Å²) in [5, 5.41) is 13.2. The number of hydrogen-bond acceptors (Lipinski definition) is 3. The van der Waals surface area contributed by atoms with Crippen molar-refractivity contribution in [3.63, 3.8) is 0 Å². The second kappa shape index (κ2) is 7.20. The summed E-state index contributed by atoms with van der Waals surface area (Å²) in [4.78, 5) is 13.7. The van der Waals surface area contributed by atoms with Crippen LogP contribution in [0, 0.1) is 0 Å². The first-order chi connectivity index (χ1) is 11.2. The standard InChI is InChI=1S/C19H21NO2S/c1-2-17(23-14-9-4-3-5-10-14)19(22)20-18-15-11-7-6-8-13(15)12-16(18)21/h3-11,16-18,21H,2,12H2,1H3,(H,20,22). The van der Waals surface area contributed by atoms with Crippen molar-refractivity contribution in [2.75, 3.05) is 0 Å². The minimum Gasteiger partial charge on any atom is -0.390 e. The van der Waals surface area contributed by atoms with Crippen molar-refractivity contribution in [3.05, 3.63) is 65.7 Å². The molecule has 0 radical (unpaired) electrons. The fraction of sp³-hybridized carbons (Fsp3) is 0.316. The molecule has 23 heavy (non-hydrogen) atoms. The number of aliphatic hydroxyl groups is 1. The second-order valence-electron chi connectivity index (χ2n) is 5.78. The summed E-state index contributed by atoms with van der Waals surface area (Å²) in [7, 11) is 0. The predicted octanol–water partition coefficient (Wildman–Crippen LogP) is 3.33. The quantitative estimate of drug-likeness (QED) is 0.828. The molecule has 0 bridgehead atoms. The largest absolute Gasteiger partial charge is 0.390 e. The van der Waals surface area contributed by atoms with Gasteiger partial charge in [0.2, 0.25) is 5.91 Å². The van der Waals surface area contributed by atoms with Crippen LogP contribution in [0.3, 0.4) is 0 Å². The Bertz CT molecular complexity index is 674. The molecular weight excluding hydrogens is 306 g/mol. The molecule has 2 N–H and O–H groups in total. The van der Waals surface area contributed by atoms with E-state index in [0.717, 1.165) is 22.4 Å². The lowest BCUT2D eigenvalue weighted by Crippen LogP contribution is -2.38. The van der Waals surface area contributed by atoms with Gasteiger partial charge in [-0.1, -0.05) is 49.4 Å². The second-order valence-corrected chi connectivity index (χ2v) is 7.06. The van der Waals surface area contributed by atoms with Crippen LogP contribution >= 0.6 is 11.8 Å². The highest BCUT2D eigenvalue weighted by molar-refractivity contribution is 8.00. The van der Waals surface area contributed by atoms with E-state index in [-0.39, 0.29) is 17.2 Å². The lowest BCUT2D eigenvalue weighted by atomic mass is 10.1. The van der Waals surface area contributed by atoms with Gasteiger partial charge in [-0.3, -0.25) is 4.79 Å². The Morgan fingerprint density at radius 2 is 1.91 bits per heavy atom. The highest BCUT2D eigenvalue weighted by Gasteiger charge is 2.33. The lowest BCUT2D eigenvalue weighted by molar-refractivity contribution is -0.122. The molecule has 1 aliphatic rings. The van der Waals surface area contributed by atoms with Crippen molar-refractivity contribution in [3.8, 4) is 0 Å². The number of aliphatic hydroxyl groups excluding tert-OH is 1. The van der Waals surface area contributed by atoms with E-state index in [1.54, 1.807) is 11.8 Å². The number of rotatable bonds is 5. The van der Waals surface area contributed by atoms with Crippen LogP contribution in [0.25, 0.3) is 0 Å². The van der Waals surface area contributed by atoms with E-state index in [1.807, 2.05) is 61.5 Å². The number of nitrogens with one attached hydrogen (secondary N) is 1. The van der Waals surface area contributed by atoms with Gasteiger partial charge in [-0.15, -0.1) is 11.8 Å². The van der Waals surface area contributed by atoms with Gasteiger partial charge >= 0.3 is 0 Å². The zero-order valence-electron chi connectivity index (χ0n) is 13.1. The van der Waals surface area contributed by atoms with E-state index in [0.29, 0.717) is 6.42 Å². The van der Waals surface area contributed by atoms with Crippen molar-refractivity contribution in [2.45, 2.75) is 42.1 Å². The maximum absolute atomic E-state index is 12.6. The first-order valence-corrected chi connectivity index (χ1v) is 8.85. The lowest BCUT2D eigenvalue weighted by Gasteiger charge is -2.21. The molecule has 1 aliphatic carbocycles. The van der Waals surface area contributed by atoms with Gasteiger partial charge in [-0.2, -0.15) is 0 Å². The molecule has 0 aromatic heterocycles. The van der Waals surface area contributed by atoms with Crippen LogP contribution in [-0.4, -0.2) is 22.4 Å². The zero-order valence-corrected chi connectivity index (χ0v) is 13.9. The maximum Gasteiger partial charge on any atom is 0.234 e. The Morgan fingerprint density at radius 1 is 1.22 bits per heavy atom. The smallest absolute Gasteiger partial charge is 0.234 e. The Morgan fingerprint density at radius 3 is 2.65 bits per heavy atom. The van der Waals surface area contributed by atoms with E-state index in [9.17, 15) is 9.90 Å².